The maximum Gasteiger partial charge on any atom is 0.205 e. The summed E-state index contributed by atoms with van der Waals surface area (Å²) in [5.74, 6) is -0.280. The van der Waals surface area contributed by atoms with Gasteiger partial charge in [-0.2, -0.15) is 5.26 Å². The van der Waals surface area contributed by atoms with Crippen LogP contribution in [0, 0.1) is 11.3 Å². The van der Waals surface area contributed by atoms with Gasteiger partial charge in [0.15, 0.2) is 0 Å². The summed E-state index contributed by atoms with van der Waals surface area (Å²) < 4.78 is 6.13. The van der Waals surface area contributed by atoms with Crippen LogP contribution in [0.1, 0.15) is 10.4 Å². The summed E-state index contributed by atoms with van der Waals surface area (Å²) in [6.45, 7) is 1.49. The highest BCUT2D eigenvalue weighted by atomic mass is 79.9. The number of halogens is 1. The van der Waals surface area contributed by atoms with Crippen molar-refractivity contribution in [2.24, 2.45) is 0 Å². The number of hydrogen-bond acceptors (Lipinski definition) is 4. The molecule has 5 heteroatoms. The van der Waals surface area contributed by atoms with E-state index in [0.717, 1.165) is 4.47 Å². The second-order valence-electron chi connectivity index (χ2n) is 3.78. The number of nitrogens with zero attached hydrogens (tertiary/aromatic N) is 1. The molecule has 1 saturated heterocycles. The molecule has 92 valence electrons. The Morgan fingerprint density at radius 2 is 2.11 bits per heavy atom. The van der Waals surface area contributed by atoms with Gasteiger partial charge in [-0.25, -0.2) is 0 Å². The molecule has 0 radical (unpaired) electrons. The molecular weight excluding hydrogens is 296 g/mol. The molecule has 2 rings (SSSR count). The summed E-state index contributed by atoms with van der Waals surface area (Å²) in [4.78, 5) is 12.2. The van der Waals surface area contributed by atoms with Gasteiger partial charge in [-0.3, -0.25) is 4.79 Å². The monoisotopic (exact) mass is 306 g/mol. The number of rotatable bonds is 2. The molecule has 0 unspecified atom stereocenters. The molecule has 4 nitrogen and oxygen atoms in total. The van der Waals surface area contributed by atoms with E-state index in [1.165, 1.54) is 0 Å². The number of allylic oxidation sites excluding steroid dienone is 1. The number of carbonyl (C=O) groups excluding carboxylic acids is 1. The Balaban J connectivity index is 2.31. The van der Waals surface area contributed by atoms with Crippen LogP contribution in [0.25, 0.3) is 0 Å². The molecule has 1 aromatic carbocycles. The number of nitrogens with one attached hydrogen (secondary N) is 1. The van der Waals surface area contributed by atoms with Gasteiger partial charge in [0.2, 0.25) is 5.78 Å². The Morgan fingerprint density at radius 1 is 1.39 bits per heavy atom. The molecule has 1 fully saturated rings. The van der Waals surface area contributed by atoms with Crippen LogP contribution >= 0.6 is 15.9 Å². The van der Waals surface area contributed by atoms with Gasteiger partial charge in [0.05, 0.1) is 18.9 Å². The summed E-state index contributed by atoms with van der Waals surface area (Å²) in [7, 11) is 0. The van der Waals surface area contributed by atoms with Crippen molar-refractivity contribution >= 4 is 21.7 Å². The van der Waals surface area contributed by atoms with Crippen molar-refractivity contribution in [1.82, 2.24) is 5.32 Å². The number of hydrogen-bond donors (Lipinski definition) is 1. The average Bonchev–Trinajstić information content (AvgIpc) is 2.41. The van der Waals surface area contributed by atoms with Gasteiger partial charge in [0.25, 0.3) is 0 Å². The van der Waals surface area contributed by atoms with Crippen LogP contribution in [0.2, 0.25) is 0 Å². The molecule has 0 aliphatic carbocycles. The Hall–Kier alpha value is -1.64. The lowest BCUT2D eigenvalue weighted by atomic mass is 10.0. The summed E-state index contributed by atoms with van der Waals surface area (Å²) in [5, 5.41) is 12.2. The van der Waals surface area contributed by atoms with Gasteiger partial charge in [-0.15, -0.1) is 0 Å². The van der Waals surface area contributed by atoms with Crippen LogP contribution in [-0.4, -0.2) is 25.5 Å². The fraction of sp³-hybridized carbons (Fsp3) is 0.231. The van der Waals surface area contributed by atoms with E-state index in [1.54, 1.807) is 24.3 Å². The fourth-order valence-corrected chi connectivity index (χ4v) is 1.93. The van der Waals surface area contributed by atoms with E-state index in [4.69, 9.17) is 10.00 Å². The van der Waals surface area contributed by atoms with Crippen molar-refractivity contribution in [2.75, 3.05) is 19.8 Å². The maximum atomic E-state index is 12.2. The van der Waals surface area contributed by atoms with Gasteiger partial charge in [0.1, 0.15) is 11.6 Å². The van der Waals surface area contributed by atoms with Crippen molar-refractivity contribution in [2.45, 2.75) is 0 Å². The Labute approximate surface area is 113 Å². The molecule has 1 aliphatic rings. The van der Waals surface area contributed by atoms with E-state index in [0.29, 0.717) is 24.4 Å². The molecule has 0 bridgehead atoms. The number of benzene rings is 1. The zero-order valence-corrected chi connectivity index (χ0v) is 11.2. The Kier molecular flexibility index (Phi) is 4.13. The molecular formula is C13H11BrN2O2. The maximum absolute atomic E-state index is 12.2. The fourth-order valence-electron chi connectivity index (χ4n) is 1.66. The number of carbonyl (C=O) groups is 1. The Bertz CT molecular complexity index is 521. The van der Waals surface area contributed by atoms with Gasteiger partial charge in [0, 0.05) is 16.6 Å². The summed E-state index contributed by atoms with van der Waals surface area (Å²) in [6, 6.07) is 8.89. The third kappa shape index (κ3) is 2.78. The molecule has 1 N–H and O–H groups in total. The van der Waals surface area contributed by atoms with Crippen molar-refractivity contribution in [3.05, 3.63) is 45.6 Å². The summed E-state index contributed by atoms with van der Waals surface area (Å²) in [5.41, 5.74) is 1.18. The first-order chi connectivity index (χ1) is 8.72. The summed E-state index contributed by atoms with van der Waals surface area (Å²) in [6.07, 6.45) is 0. The lowest BCUT2D eigenvalue weighted by molar-refractivity contribution is 0.102. The lowest BCUT2D eigenvalue weighted by Gasteiger charge is -2.18. The lowest BCUT2D eigenvalue weighted by Crippen LogP contribution is -2.31. The van der Waals surface area contributed by atoms with Gasteiger partial charge >= 0.3 is 0 Å². The molecule has 0 aromatic heterocycles. The molecule has 1 aromatic rings. The number of morpholine rings is 1. The van der Waals surface area contributed by atoms with E-state index in [-0.39, 0.29) is 18.0 Å². The minimum Gasteiger partial charge on any atom is -0.383 e. The minimum atomic E-state index is -0.280. The molecule has 0 saturated carbocycles. The van der Waals surface area contributed by atoms with E-state index < -0.39 is 0 Å². The van der Waals surface area contributed by atoms with Crippen molar-refractivity contribution in [1.29, 1.82) is 5.26 Å². The van der Waals surface area contributed by atoms with Crippen LogP contribution in [0.4, 0.5) is 0 Å². The minimum absolute atomic E-state index is 0.122. The first-order valence-electron chi connectivity index (χ1n) is 5.47. The highest BCUT2D eigenvalue weighted by molar-refractivity contribution is 9.10. The van der Waals surface area contributed by atoms with Gasteiger partial charge < -0.3 is 10.1 Å². The quantitative estimate of drug-likeness (QED) is 0.516. The second-order valence-corrected chi connectivity index (χ2v) is 4.70. The van der Waals surface area contributed by atoms with Crippen LogP contribution < -0.4 is 5.32 Å². The van der Waals surface area contributed by atoms with E-state index in [1.807, 2.05) is 6.07 Å². The smallest absolute Gasteiger partial charge is 0.205 e. The third-order valence-corrected chi connectivity index (χ3v) is 3.11. The number of nitriles is 1. The van der Waals surface area contributed by atoms with Crippen LogP contribution in [0.15, 0.2) is 40.0 Å². The first-order valence-corrected chi connectivity index (χ1v) is 6.27. The standard InChI is InChI=1S/C13H11BrN2O2/c14-10-3-1-9(2-4-10)13(17)11(7-15)12-8-18-6-5-16-12/h1-4,16H,5-6,8H2/b12-11-. The zero-order chi connectivity index (χ0) is 13.0. The van der Waals surface area contributed by atoms with Crippen molar-refractivity contribution in [3.63, 3.8) is 0 Å². The molecule has 18 heavy (non-hydrogen) atoms. The van der Waals surface area contributed by atoms with Crippen molar-refractivity contribution < 1.29 is 9.53 Å². The topological polar surface area (TPSA) is 62.1 Å². The molecule has 1 aliphatic heterocycles. The van der Waals surface area contributed by atoms with Gasteiger partial charge in [-0.1, -0.05) is 15.9 Å². The number of Topliss-reactive ketones (excluding diaryl/α,β-unsaturated/α-hetero) is 1. The molecule has 0 atom stereocenters. The average molecular weight is 307 g/mol. The SMILES string of the molecule is N#C/C(C(=O)c1ccc(Br)cc1)=C1\COCCN1. The van der Waals surface area contributed by atoms with Gasteiger partial charge in [-0.05, 0) is 24.3 Å². The number of ether oxygens (including phenoxy) is 1. The summed E-state index contributed by atoms with van der Waals surface area (Å²) >= 11 is 3.30. The van der Waals surface area contributed by atoms with Crippen molar-refractivity contribution in [3.8, 4) is 6.07 Å². The second kappa shape index (κ2) is 5.80. The molecule has 1 heterocycles. The largest absolute Gasteiger partial charge is 0.383 e. The third-order valence-electron chi connectivity index (χ3n) is 2.58. The molecule has 0 amide bonds. The predicted molar refractivity (Wildman–Crippen MR) is 69.9 cm³/mol. The van der Waals surface area contributed by atoms with E-state index in [2.05, 4.69) is 21.2 Å². The van der Waals surface area contributed by atoms with E-state index >= 15 is 0 Å². The van der Waals surface area contributed by atoms with Crippen LogP contribution in [0.3, 0.4) is 0 Å². The first kappa shape index (κ1) is 12.8. The highest BCUT2D eigenvalue weighted by Crippen LogP contribution is 2.16. The zero-order valence-electron chi connectivity index (χ0n) is 9.57. The number of ketones is 1. The normalized spacial score (nSPS) is 17.6. The Morgan fingerprint density at radius 3 is 2.67 bits per heavy atom. The van der Waals surface area contributed by atoms with E-state index in [9.17, 15) is 4.79 Å². The van der Waals surface area contributed by atoms with Crippen LogP contribution in [0.5, 0.6) is 0 Å². The highest BCUT2D eigenvalue weighted by Gasteiger charge is 2.19. The van der Waals surface area contributed by atoms with Crippen LogP contribution in [-0.2, 0) is 4.74 Å². The molecule has 0 spiro atoms. The predicted octanol–water partition coefficient (Wildman–Crippen LogP) is 2.03.